The van der Waals surface area contributed by atoms with Gasteiger partial charge in [-0.2, -0.15) is 0 Å². The zero-order valence-electron chi connectivity index (χ0n) is 10.2. The van der Waals surface area contributed by atoms with Crippen LogP contribution in [-0.2, 0) is 0 Å². The van der Waals surface area contributed by atoms with Gasteiger partial charge in [-0.3, -0.25) is 0 Å². The van der Waals surface area contributed by atoms with Crippen molar-refractivity contribution in [2.75, 3.05) is 17.4 Å². The van der Waals surface area contributed by atoms with Crippen molar-refractivity contribution in [2.24, 2.45) is 5.84 Å². The predicted molar refractivity (Wildman–Crippen MR) is 76.8 cm³/mol. The van der Waals surface area contributed by atoms with Crippen LogP contribution in [0.1, 0.15) is 5.56 Å². The van der Waals surface area contributed by atoms with Crippen LogP contribution < -0.4 is 16.2 Å². The second-order valence-electron chi connectivity index (χ2n) is 3.85. The first-order valence-electron chi connectivity index (χ1n) is 5.41. The van der Waals surface area contributed by atoms with Crippen LogP contribution in [0.25, 0.3) is 0 Å². The summed E-state index contributed by atoms with van der Waals surface area (Å²) in [5.74, 6) is 6.71. The third kappa shape index (κ3) is 2.30. The van der Waals surface area contributed by atoms with Gasteiger partial charge in [-0.1, -0.05) is 18.2 Å². The van der Waals surface area contributed by atoms with Crippen molar-refractivity contribution >= 4 is 33.3 Å². The third-order valence-electron chi connectivity index (χ3n) is 2.70. The zero-order valence-corrected chi connectivity index (χ0v) is 11.8. The van der Waals surface area contributed by atoms with E-state index in [0.29, 0.717) is 5.82 Å². The molecule has 0 saturated carbocycles. The van der Waals surface area contributed by atoms with Gasteiger partial charge in [0.05, 0.1) is 0 Å². The van der Waals surface area contributed by atoms with E-state index < -0.39 is 0 Å². The van der Waals surface area contributed by atoms with Gasteiger partial charge in [0.1, 0.15) is 10.8 Å². The van der Waals surface area contributed by atoms with E-state index in [9.17, 15) is 0 Å². The SMILES string of the molecule is Cc1ccccc1N(C)c1ncnc(NN)c1Br. The van der Waals surface area contributed by atoms with E-state index in [1.165, 1.54) is 11.9 Å². The van der Waals surface area contributed by atoms with Crippen LogP contribution in [0.3, 0.4) is 0 Å². The number of hydrogen-bond donors (Lipinski definition) is 2. The first-order chi connectivity index (χ1) is 8.65. The summed E-state index contributed by atoms with van der Waals surface area (Å²) in [5, 5.41) is 0. The Hall–Kier alpha value is -1.66. The number of nitrogen functional groups attached to an aromatic ring is 1. The van der Waals surface area contributed by atoms with Crippen molar-refractivity contribution < 1.29 is 0 Å². The highest BCUT2D eigenvalue weighted by molar-refractivity contribution is 9.10. The van der Waals surface area contributed by atoms with E-state index in [1.807, 2.05) is 30.1 Å². The second kappa shape index (κ2) is 5.32. The van der Waals surface area contributed by atoms with Gasteiger partial charge in [-0.15, -0.1) is 0 Å². The van der Waals surface area contributed by atoms with E-state index in [4.69, 9.17) is 5.84 Å². The Morgan fingerprint density at radius 2 is 2.00 bits per heavy atom. The molecule has 0 bridgehead atoms. The molecule has 2 aromatic rings. The number of nitrogens with zero attached hydrogens (tertiary/aromatic N) is 3. The van der Waals surface area contributed by atoms with E-state index in [1.54, 1.807) is 0 Å². The lowest BCUT2D eigenvalue weighted by Gasteiger charge is -2.22. The number of anilines is 3. The molecule has 0 amide bonds. The molecule has 0 fully saturated rings. The van der Waals surface area contributed by atoms with Gasteiger partial charge in [0, 0.05) is 12.7 Å². The molecular weight excluding hydrogens is 294 g/mol. The molecule has 1 heterocycles. The molecule has 0 saturated heterocycles. The molecule has 1 aromatic carbocycles. The van der Waals surface area contributed by atoms with Gasteiger partial charge in [0.2, 0.25) is 0 Å². The molecule has 1 aromatic heterocycles. The summed E-state index contributed by atoms with van der Waals surface area (Å²) >= 11 is 3.45. The minimum atomic E-state index is 0.556. The van der Waals surface area contributed by atoms with Crippen LogP contribution in [0, 0.1) is 6.92 Å². The van der Waals surface area contributed by atoms with Crippen molar-refractivity contribution in [3.8, 4) is 0 Å². The molecule has 0 aliphatic rings. The minimum Gasteiger partial charge on any atom is -0.328 e. The zero-order chi connectivity index (χ0) is 13.1. The van der Waals surface area contributed by atoms with E-state index in [-0.39, 0.29) is 0 Å². The molecule has 0 aliphatic heterocycles. The summed E-state index contributed by atoms with van der Waals surface area (Å²) in [6.45, 7) is 2.06. The fraction of sp³-hybridized carbons (Fsp3) is 0.167. The second-order valence-corrected chi connectivity index (χ2v) is 4.64. The summed E-state index contributed by atoms with van der Waals surface area (Å²) in [7, 11) is 1.95. The van der Waals surface area contributed by atoms with Gasteiger partial charge in [-0.25, -0.2) is 15.8 Å². The van der Waals surface area contributed by atoms with Crippen molar-refractivity contribution in [3.05, 3.63) is 40.6 Å². The van der Waals surface area contributed by atoms with Gasteiger partial charge < -0.3 is 10.3 Å². The number of rotatable bonds is 3. The number of hydrogen-bond acceptors (Lipinski definition) is 5. The van der Waals surface area contributed by atoms with Crippen molar-refractivity contribution in [1.82, 2.24) is 9.97 Å². The Kier molecular flexibility index (Phi) is 3.78. The summed E-state index contributed by atoms with van der Waals surface area (Å²) in [6.07, 6.45) is 1.48. The molecule has 18 heavy (non-hydrogen) atoms. The first kappa shape index (κ1) is 12.8. The van der Waals surface area contributed by atoms with Crippen molar-refractivity contribution in [1.29, 1.82) is 0 Å². The number of aromatic nitrogens is 2. The predicted octanol–water partition coefficient (Wildman–Crippen LogP) is 2.60. The Labute approximate surface area is 114 Å². The molecule has 0 aliphatic carbocycles. The van der Waals surface area contributed by atoms with Crippen LogP contribution in [0.15, 0.2) is 35.1 Å². The fourth-order valence-electron chi connectivity index (χ4n) is 1.75. The summed E-state index contributed by atoms with van der Waals surface area (Å²) < 4.78 is 0.734. The number of benzene rings is 1. The molecule has 0 atom stereocenters. The van der Waals surface area contributed by atoms with Gasteiger partial charge in [0.15, 0.2) is 11.6 Å². The Balaban J connectivity index is 2.47. The first-order valence-corrected chi connectivity index (χ1v) is 6.21. The lowest BCUT2D eigenvalue weighted by Crippen LogP contribution is -2.16. The molecule has 3 N–H and O–H groups in total. The van der Waals surface area contributed by atoms with E-state index in [2.05, 4.69) is 44.3 Å². The van der Waals surface area contributed by atoms with Gasteiger partial charge >= 0.3 is 0 Å². The Morgan fingerprint density at radius 1 is 1.28 bits per heavy atom. The maximum absolute atomic E-state index is 5.40. The van der Waals surface area contributed by atoms with Gasteiger partial charge in [-0.05, 0) is 34.5 Å². The molecule has 5 nitrogen and oxygen atoms in total. The highest BCUT2D eigenvalue weighted by Crippen LogP contribution is 2.33. The number of nitrogens with two attached hydrogens (primary N) is 1. The van der Waals surface area contributed by atoms with Crippen molar-refractivity contribution in [3.63, 3.8) is 0 Å². The third-order valence-corrected chi connectivity index (χ3v) is 3.43. The van der Waals surface area contributed by atoms with Crippen LogP contribution in [0.2, 0.25) is 0 Å². The fourth-order valence-corrected chi connectivity index (χ4v) is 2.33. The quantitative estimate of drug-likeness (QED) is 0.674. The number of halogens is 1. The van der Waals surface area contributed by atoms with Gasteiger partial charge in [0.25, 0.3) is 0 Å². The maximum Gasteiger partial charge on any atom is 0.159 e. The van der Waals surface area contributed by atoms with E-state index in [0.717, 1.165) is 16.0 Å². The van der Waals surface area contributed by atoms with Crippen molar-refractivity contribution in [2.45, 2.75) is 6.92 Å². The lowest BCUT2D eigenvalue weighted by atomic mass is 10.2. The van der Waals surface area contributed by atoms with Crippen LogP contribution in [-0.4, -0.2) is 17.0 Å². The molecule has 0 radical (unpaired) electrons. The molecule has 0 spiro atoms. The number of hydrazine groups is 1. The van der Waals surface area contributed by atoms with Crippen LogP contribution in [0.4, 0.5) is 17.3 Å². The average molecular weight is 308 g/mol. The highest BCUT2D eigenvalue weighted by atomic mass is 79.9. The maximum atomic E-state index is 5.40. The Bertz CT molecular complexity index is 558. The Morgan fingerprint density at radius 3 is 2.67 bits per heavy atom. The van der Waals surface area contributed by atoms with Crippen LogP contribution in [0.5, 0.6) is 0 Å². The monoisotopic (exact) mass is 307 g/mol. The summed E-state index contributed by atoms with van der Waals surface area (Å²) in [5.41, 5.74) is 4.79. The molecule has 6 heteroatoms. The number of nitrogens with one attached hydrogen (secondary N) is 1. The molecule has 2 rings (SSSR count). The smallest absolute Gasteiger partial charge is 0.159 e. The topological polar surface area (TPSA) is 67.1 Å². The number of para-hydroxylation sites is 1. The minimum absolute atomic E-state index is 0.556. The number of aryl methyl sites for hydroxylation is 1. The summed E-state index contributed by atoms with van der Waals surface area (Å²) in [6, 6.07) is 8.10. The largest absolute Gasteiger partial charge is 0.328 e. The normalized spacial score (nSPS) is 10.2. The molecular formula is C12H14BrN5. The molecule has 0 unspecified atom stereocenters. The standard InChI is InChI=1S/C12H14BrN5/c1-8-5-3-4-6-9(8)18(2)12-10(13)11(17-14)15-7-16-12/h3-7H,14H2,1-2H3,(H,15,16,17). The van der Waals surface area contributed by atoms with Crippen LogP contribution >= 0.6 is 15.9 Å². The average Bonchev–Trinajstić information content (AvgIpc) is 2.39. The highest BCUT2D eigenvalue weighted by Gasteiger charge is 2.14. The lowest BCUT2D eigenvalue weighted by molar-refractivity contribution is 1.05. The molecule has 94 valence electrons. The van der Waals surface area contributed by atoms with E-state index >= 15 is 0 Å². The summed E-state index contributed by atoms with van der Waals surface area (Å²) in [4.78, 5) is 10.3.